The molecule has 11 rings (SSSR count). The molecule has 1 aromatic heterocycles. The first-order chi connectivity index (χ1) is 30.2. The summed E-state index contributed by atoms with van der Waals surface area (Å²) in [7, 11) is 0. The van der Waals surface area contributed by atoms with E-state index in [2.05, 4.69) is 218 Å². The van der Waals surface area contributed by atoms with Gasteiger partial charge in [-0.05, 0) is 85.0 Å². The van der Waals surface area contributed by atoms with Crippen molar-refractivity contribution in [3.05, 3.63) is 265 Å². The maximum Gasteiger partial charge on any atom is 0.160 e. The molecule has 0 radical (unpaired) electrons. The molecule has 2 heteroatoms. The second kappa shape index (κ2) is 15.3. The van der Waals surface area contributed by atoms with Crippen molar-refractivity contribution in [2.24, 2.45) is 0 Å². The number of hydrogen-bond acceptors (Lipinski definition) is 2. The van der Waals surface area contributed by atoms with Gasteiger partial charge in [0, 0.05) is 16.7 Å². The van der Waals surface area contributed by atoms with Crippen LogP contribution >= 0.6 is 0 Å². The van der Waals surface area contributed by atoms with Crippen LogP contribution in [0.1, 0.15) is 22.3 Å². The summed E-state index contributed by atoms with van der Waals surface area (Å²) < 4.78 is 0. The summed E-state index contributed by atoms with van der Waals surface area (Å²) in [5.74, 6) is 0.705. The van der Waals surface area contributed by atoms with Crippen molar-refractivity contribution in [3.63, 3.8) is 0 Å². The Morgan fingerprint density at radius 1 is 0.246 bits per heavy atom. The number of nitrogens with zero attached hydrogens (tertiary/aromatic N) is 2. The lowest BCUT2D eigenvalue weighted by Gasteiger charge is -2.34. The Morgan fingerprint density at radius 2 is 0.656 bits per heavy atom. The first-order valence-electron chi connectivity index (χ1n) is 20.9. The van der Waals surface area contributed by atoms with E-state index in [1.807, 2.05) is 24.3 Å². The Hall–Kier alpha value is -7.94. The number of rotatable bonds is 8. The number of benzene rings is 9. The quantitative estimate of drug-likeness (QED) is 0.154. The maximum absolute atomic E-state index is 5.14. The van der Waals surface area contributed by atoms with Crippen molar-refractivity contribution in [1.29, 1.82) is 0 Å². The molecule has 0 spiro atoms. The van der Waals surface area contributed by atoms with Crippen LogP contribution < -0.4 is 0 Å². The summed E-state index contributed by atoms with van der Waals surface area (Å²) in [6.45, 7) is 0. The third-order valence-corrected chi connectivity index (χ3v) is 12.2. The van der Waals surface area contributed by atoms with Gasteiger partial charge in [-0.1, -0.05) is 224 Å². The Labute approximate surface area is 357 Å². The predicted molar refractivity (Wildman–Crippen MR) is 252 cm³/mol. The van der Waals surface area contributed by atoms with Crippen LogP contribution in [0.3, 0.4) is 0 Å². The Kier molecular flexibility index (Phi) is 9.09. The monoisotopic (exact) mass is 776 g/mol. The summed E-state index contributed by atoms with van der Waals surface area (Å²) in [5.41, 5.74) is 19.2. The molecule has 0 saturated carbocycles. The molecule has 0 amide bonds. The van der Waals surface area contributed by atoms with E-state index in [0.717, 1.165) is 39.2 Å². The molecule has 10 aromatic rings. The van der Waals surface area contributed by atoms with Gasteiger partial charge < -0.3 is 0 Å². The number of fused-ring (bicyclic) bond motifs is 3. The van der Waals surface area contributed by atoms with E-state index in [9.17, 15) is 0 Å². The highest BCUT2D eigenvalue weighted by Crippen LogP contribution is 2.56. The van der Waals surface area contributed by atoms with Gasteiger partial charge in [-0.15, -0.1) is 0 Å². The van der Waals surface area contributed by atoms with Crippen molar-refractivity contribution in [1.82, 2.24) is 9.97 Å². The van der Waals surface area contributed by atoms with Gasteiger partial charge in [0.15, 0.2) is 5.82 Å². The molecule has 9 aromatic carbocycles. The average molecular weight is 777 g/mol. The summed E-state index contributed by atoms with van der Waals surface area (Å²) in [6, 6.07) is 87.1. The third kappa shape index (κ3) is 6.46. The number of aromatic nitrogens is 2. The molecule has 0 fully saturated rings. The maximum atomic E-state index is 5.14. The largest absolute Gasteiger partial charge is 0.228 e. The van der Waals surface area contributed by atoms with Gasteiger partial charge in [-0.2, -0.15) is 0 Å². The minimum atomic E-state index is -0.433. The average Bonchev–Trinajstić information content (AvgIpc) is 3.65. The van der Waals surface area contributed by atoms with Crippen LogP contribution in [0.5, 0.6) is 0 Å². The second-order valence-corrected chi connectivity index (χ2v) is 15.7. The van der Waals surface area contributed by atoms with Crippen LogP contribution in [0.4, 0.5) is 0 Å². The third-order valence-electron chi connectivity index (χ3n) is 12.2. The Bertz CT molecular complexity index is 3100. The van der Waals surface area contributed by atoms with Crippen LogP contribution in [0, 0.1) is 0 Å². The second-order valence-electron chi connectivity index (χ2n) is 15.7. The lowest BCUT2D eigenvalue weighted by atomic mass is 9.67. The van der Waals surface area contributed by atoms with Crippen LogP contribution in [0.25, 0.3) is 78.4 Å². The topological polar surface area (TPSA) is 25.8 Å². The minimum Gasteiger partial charge on any atom is -0.228 e. The molecule has 1 heterocycles. The zero-order valence-electron chi connectivity index (χ0n) is 33.5. The van der Waals surface area contributed by atoms with Gasteiger partial charge in [0.1, 0.15) is 0 Å². The van der Waals surface area contributed by atoms with Crippen molar-refractivity contribution >= 4 is 0 Å². The van der Waals surface area contributed by atoms with E-state index in [4.69, 9.17) is 9.97 Å². The van der Waals surface area contributed by atoms with Crippen molar-refractivity contribution in [2.45, 2.75) is 5.41 Å². The van der Waals surface area contributed by atoms with Crippen LogP contribution in [0.15, 0.2) is 243 Å². The Balaban J connectivity index is 0.955. The van der Waals surface area contributed by atoms with Gasteiger partial charge in [-0.25, -0.2) is 9.97 Å². The summed E-state index contributed by atoms with van der Waals surface area (Å²) in [4.78, 5) is 10.2. The minimum absolute atomic E-state index is 0.433. The molecule has 0 N–H and O–H groups in total. The molecular formula is C59H40N2. The lowest BCUT2D eigenvalue weighted by molar-refractivity contribution is 0.769. The fourth-order valence-corrected chi connectivity index (χ4v) is 9.26. The van der Waals surface area contributed by atoms with Gasteiger partial charge >= 0.3 is 0 Å². The molecule has 0 unspecified atom stereocenters. The fraction of sp³-hybridized carbons (Fsp3) is 0.0169. The van der Waals surface area contributed by atoms with Gasteiger partial charge in [0.25, 0.3) is 0 Å². The number of hydrogen-bond donors (Lipinski definition) is 0. The van der Waals surface area contributed by atoms with E-state index >= 15 is 0 Å². The highest BCUT2D eigenvalue weighted by molar-refractivity contribution is 5.89. The fourth-order valence-electron chi connectivity index (χ4n) is 9.26. The molecule has 2 nitrogen and oxygen atoms in total. The molecule has 0 atom stereocenters. The SMILES string of the molecule is c1ccc(-c2ccc(-c3cc(-c4cccc(-c5ccc(-c6ccc7c(c6)C(c6ccccc6)(c6ccccc6)c6ccccc6-7)cc5)c4)nc(-c4ccccc4)n3)cc2)cc1. The lowest BCUT2D eigenvalue weighted by Crippen LogP contribution is -2.28. The van der Waals surface area contributed by atoms with E-state index in [0.29, 0.717) is 5.82 Å². The van der Waals surface area contributed by atoms with E-state index in [1.54, 1.807) is 0 Å². The molecule has 0 saturated heterocycles. The standard InChI is InChI=1S/C59H40N2/c1-5-16-41(17-6-1)42-32-34-45(35-33-42)56-40-57(61-58(60-56)46-18-7-2-8-19-46)49-21-15-20-47(38-49)43-28-30-44(31-29-43)48-36-37-53-52-26-13-14-27-54(52)59(55(53)39-48,50-22-9-3-10-23-50)51-24-11-4-12-25-51/h1-40H. The van der Waals surface area contributed by atoms with Crippen molar-refractivity contribution in [2.75, 3.05) is 0 Å². The summed E-state index contributed by atoms with van der Waals surface area (Å²) >= 11 is 0. The highest BCUT2D eigenvalue weighted by atomic mass is 14.9. The van der Waals surface area contributed by atoms with Crippen molar-refractivity contribution in [3.8, 4) is 78.4 Å². The smallest absolute Gasteiger partial charge is 0.160 e. The van der Waals surface area contributed by atoms with E-state index in [-0.39, 0.29) is 0 Å². The molecule has 0 aliphatic heterocycles. The first-order valence-corrected chi connectivity index (χ1v) is 20.9. The zero-order chi connectivity index (χ0) is 40.6. The first kappa shape index (κ1) is 36.2. The molecule has 61 heavy (non-hydrogen) atoms. The van der Waals surface area contributed by atoms with Crippen LogP contribution in [-0.4, -0.2) is 9.97 Å². The van der Waals surface area contributed by atoms with E-state index in [1.165, 1.54) is 55.6 Å². The molecule has 1 aliphatic rings. The van der Waals surface area contributed by atoms with Crippen LogP contribution in [-0.2, 0) is 5.41 Å². The normalized spacial score (nSPS) is 12.4. The zero-order valence-corrected chi connectivity index (χ0v) is 33.5. The molecule has 1 aliphatic carbocycles. The molecular weight excluding hydrogens is 737 g/mol. The van der Waals surface area contributed by atoms with Crippen LogP contribution in [0.2, 0.25) is 0 Å². The van der Waals surface area contributed by atoms with Crippen molar-refractivity contribution < 1.29 is 0 Å². The molecule has 286 valence electrons. The van der Waals surface area contributed by atoms with Gasteiger partial charge in [0.2, 0.25) is 0 Å². The van der Waals surface area contributed by atoms with E-state index < -0.39 is 5.41 Å². The van der Waals surface area contributed by atoms with Gasteiger partial charge in [-0.3, -0.25) is 0 Å². The predicted octanol–water partition coefficient (Wildman–Crippen LogP) is 14.8. The summed E-state index contributed by atoms with van der Waals surface area (Å²) in [6.07, 6.45) is 0. The summed E-state index contributed by atoms with van der Waals surface area (Å²) in [5, 5.41) is 0. The Morgan fingerprint density at radius 3 is 1.28 bits per heavy atom. The highest BCUT2D eigenvalue weighted by Gasteiger charge is 2.46. The van der Waals surface area contributed by atoms with Gasteiger partial charge in [0.05, 0.1) is 16.8 Å². The molecule has 0 bridgehead atoms.